The van der Waals surface area contributed by atoms with Crippen LogP contribution in [-0.4, -0.2) is 38.9 Å². The molecule has 4 nitrogen and oxygen atoms in total. The first-order chi connectivity index (χ1) is 8.51. The topological polar surface area (TPSA) is 49.4 Å². The average Bonchev–Trinajstić information content (AvgIpc) is 2.81. The van der Waals surface area contributed by atoms with Crippen LogP contribution in [0.2, 0.25) is 0 Å². The fraction of sp³-hybridized carbons (Fsp3) is 0.500. The first-order valence-corrected chi connectivity index (χ1v) is 7.52. The van der Waals surface area contributed by atoms with Gasteiger partial charge in [-0.25, -0.2) is 17.1 Å². The Morgan fingerprint density at radius 2 is 2.06 bits per heavy atom. The number of benzene rings is 1. The van der Waals surface area contributed by atoms with Crippen molar-refractivity contribution in [3.63, 3.8) is 0 Å². The molecular weight excluding hydrogens is 255 g/mol. The maximum Gasteiger partial charge on any atom is 0.218 e. The van der Waals surface area contributed by atoms with Crippen LogP contribution >= 0.6 is 0 Å². The molecule has 18 heavy (non-hydrogen) atoms. The van der Waals surface area contributed by atoms with Crippen LogP contribution in [0.25, 0.3) is 0 Å². The molecule has 2 rings (SSSR count). The highest BCUT2D eigenvalue weighted by atomic mass is 32.2. The maximum atomic E-state index is 12.7. The first kappa shape index (κ1) is 13.5. The molecule has 1 saturated heterocycles. The fourth-order valence-electron chi connectivity index (χ4n) is 2.10. The molecule has 1 unspecified atom stereocenters. The molecule has 1 aliphatic rings. The Morgan fingerprint density at radius 3 is 2.61 bits per heavy atom. The number of nitrogens with one attached hydrogen (secondary N) is 1. The minimum Gasteiger partial charge on any atom is -0.316 e. The number of hydrogen-bond donors (Lipinski definition) is 1. The molecule has 0 spiro atoms. The minimum atomic E-state index is -3.30. The van der Waals surface area contributed by atoms with E-state index >= 15 is 0 Å². The zero-order chi connectivity index (χ0) is 13.2. The first-order valence-electron chi connectivity index (χ1n) is 5.91. The van der Waals surface area contributed by atoms with Crippen molar-refractivity contribution in [1.82, 2.24) is 9.62 Å². The highest BCUT2D eigenvalue weighted by Crippen LogP contribution is 2.17. The summed E-state index contributed by atoms with van der Waals surface area (Å²) in [6.07, 6.45) is 0.832. The van der Waals surface area contributed by atoms with Gasteiger partial charge in [-0.05, 0) is 31.2 Å². The van der Waals surface area contributed by atoms with Crippen molar-refractivity contribution in [1.29, 1.82) is 0 Å². The third-order valence-electron chi connectivity index (χ3n) is 3.21. The van der Waals surface area contributed by atoms with E-state index in [1.807, 2.05) is 7.05 Å². The van der Waals surface area contributed by atoms with Gasteiger partial charge in [-0.2, -0.15) is 0 Å². The number of halogens is 1. The standard InChI is InChI=1S/C12H17FN2O2S/c1-14-12-6-7-15(8-12)18(16,17)9-10-2-4-11(13)5-3-10/h2-5,12,14H,6-9H2,1H3. The Balaban J connectivity index is 2.06. The van der Waals surface area contributed by atoms with E-state index in [1.54, 1.807) is 0 Å². The van der Waals surface area contributed by atoms with Crippen molar-refractivity contribution >= 4 is 10.0 Å². The van der Waals surface area contributed by atoms with E-state index in [1.165, 1.54) is 28.6 Å². The van der Waals surface area contributed by atoms with E-state index in [2.05, 4.69) is 5.32 Å². The van der Waals surface area contributed by atoms with Crippen LogP contribution in [0.1, 0.15) is 12.0 Å². The maximum absolute atomic E-state index is 12.7. The Kier molecular flexibility index (Phi) is 3.99. The number of hydrogen-bond acceptors (Lipinski definition) is 3. The Labute approximate surface area is 107 Å². The van der Waals surface area contributed by atoms with Crippen LogP contribution < -0.4 is 5.32 Å². The van der Waals surface area contributed by atoms with Crippen molar-refractivity contribution in [3.05, 3.63) is 35.6 Å². The Hall–Kier alpha value is -0.980. The van der Waals surface area contributed by atoms with Crippen molar-refractivity contribution < 1.29 is 12.8 Å². The molecule has 1 aromatic carbocycles. The normalized spacial score (nSPS) is 21.3. The third-order valence-corrected chi connectivity index (χ3v) is 5.03. The number of rotatable bonds is 4. The van der Waals surface area contributed by atoms with Crippen LogP contribution in [0.15, 0.2) is 24.3 Å². The van der Waals surface area contributed by atoms with E-state index < -0.39 is 10.0 Å². The monoisotopic (exact) mass is 272 g/mol. The van der Waals surface area contributed by atoms with Gasteiger partial charge in [0.15, 0.2) is 0 Å². The summed E-state index contributed by atoms with van der Waals surface area (Å²) in [5.74, 6) is -0.420. The molecule has 0 saturated carbocycles. The summed E-state index contributed by atoms with van der Waals surface area (Å²) in [6.45, 7) is 1.06. The van der Waals surface area contributed by atoms with Crippen molar-refractivity contribution in [2.24, 2.45) is 0 Å². The molecule has 1 N–H and O–H groups in total. The van der Waals surface area contributed by atoms with E-state index in [0.717, 1.165) is 6.42 Å². The molecule has 1 fully saturated rings. The highest BCUT2D eigenvalue weighted by molar-refractivity contribution is 7.88. The fourth-order valence-corrected chi connectivity index (χ4v) is 3.69. The van der Waals surface area contributed by atoms with Crippen molar-refractivity contribution in [2.45, 2.75) is 18.2 Å². The van der Waals surface area contributed by atoms with Gasteiger partial charge >= 0.3 is 0 Å². The van der Waals surface area contributed by atoms with Crippen LogP contribution in [-0.2, 0) is 15.8 Å². The molecule has 1 aliphatic heterocycles. The lowest BCUT2D eigenvalue weighted by Crippen LogP contribution is -2.34. The summed E-state index contributed by atoms with van der Waals surface area (Å²) in [5, 5.41) is 3.08. The van der Waals surface area contributed by atoms with Gasteiger partial charge in [0.1, 0.15) is 5.82 Å². The van der Waals surface area contributed by atoms with Gasteiger partial charge in [0.2, 0.25) is 10.0 Å². The van der Waals surface area contributed by atoms with Crippen molar-refractivity contribution in [3.8, 4) is 0 Å². The molecule has 0 amide bonds. The van der Waals surface area contributed by atoms with Gasteiger partial charge in [-0.3, -0.25) is 0 Å². The summed E-state index contributed by atoms with van der Waals surface area (Å²) in [6, 6.07) is 5.82. The van der Waals surface area contributed by atoms with Crippen molar-refractivity contribution in [2.75, 3.05) is 20.1 Å². The highest BCUT2D eigenvalue weighted by Gasteiger charge is 2.30. The van der Waals surface area contributed by atoms with Gasteiger partial charge in [-0.15, -0.1) is 0 Å². The molecule has 1 heterocycles. The van der Waals surface area contributed by atoms with Crippen LogP contribution in [0, 0.1) is 5.82 Å². The molecule has 1 aromatic rings. The second-order valence-corrected chi connectivity index (χ2v) is 6.48. The molecule has 0 bridgehead atoms. The second-order valence-electron chi connectivity index (χ2n) is 4.51. The zero-order valence-electron chi connectivity index (χ0n) is 10.3. The molecule has 0 radical (unpaired) electrons. The molecule has 0 aromatic heterocycles. The van der Waals surface area contributed by atoms with E-state index in [4.69, 9.17) is 0 Å². The number of likely N-dealkylation sites (N-methyl/N-ethyl adjacent to an activating group) is 1. The zero-order valence-corrected chi connectivity index (χ0v) is 11.1. The lowest BCUT2D eigenvalue weighted by molar-refractivity contribution is 0.464. The summed E-state index contributed by atoms with van der Waals surface area (Å²) < 4.78 is 38.6. The lowest BCUT2D eigenvalue weighted by Gasteiger charge is -2.16. The summed E-state index contributed by atoms with van der Waals surface area (Å²) in [4.78, 5) is 0. The van der Waals surface area contributed by atoms with Crippen LogP contribution in [0.3, 0.4) is 0 Å². The smallest absolute Gasteiger partial charge is 0.218 e. The second kappa shape index (κ2) is 5.34. The van der Waals surface area contributed by atoms with E-state index in [9.17, 15) is 12.8 Å². The number of nitrogens with zero attached hydrogens (tertiary/aromatic N) is 1. The van der Waals surface area contributed by atoms with E-state index in [-0.39, 0.29) is 17.6 Å². The summed E-state index contributed by atoms with van der Waals surface area (Å²) >= 11 is 0. The van der Waals surface area contributed by atoms with E-state index in [0.29, 0.717) is 18.7 Å². The van der Waals surface area contributed by atoms with Gasteiger partial charge in [-0.1, -0.05) is 12.1 Å². The summed E-state index contributed by atoms with van der Waals surface area (Å²) in [7, 11) is -1.46. The Morgan fingerprint density at radius 1 is 1.39 bits per heavy atom. The minimum absolute atomic E-state index is 0.0658. The number of sulfonamides is 1. The predicted octanol–water partition coefficient (Wildman–Crippen LogP) is 0.949. The third kappa shape index (κ3) is 3.07. The molecule has 1 atom stereocenters. The van der Waals surface area contributed by atoms with Gasteiger partial charge < -0.3 is 5.32 Å². The van der Waals surface area contributed by atoms with Gasteiger partial charge in [0, 0.05) is 19.1 Å². The lowest BCUT2D eigenvalue weighted by atomic mass is 10.2. The predicted molar refractivity (Wildman–Crippen MR) is 68.1 cm³/mol. The van der Waals surface area contributed by atoms with Gasteiger partial charge in [0.25, 0.3) is 0 Å². The van der Waals surface area contributed by atoms with Gasteiger partial charge in [0.05, 0.1) is 5.75 Å². The van der Waals surface area contributed by atoms with Crippen LogP contribution in [0.4, 0.5) is 4.39 Å². The largest absolute Gasteiger partial charge is 0.316 e. The quantitative estimate of drug-likeness (QED) is 0.888. The average molecular weight is 272 g/mol. The molecule has 6 heteroatoms. The van der Waals surface area contributed by atoms with Crippen LogP contribution in [0.5, 0.6) is 0 Å². The Bertz CT molecular complexity index is 501. The molecule has 0 aliphatic carbocycles. The summed E-state index contributed by atoms with van der Waals surface area (Å²) in [5.41, 5.74) is 0.615. The molecule has 100 valence electrons. The molecular formula is C12H17FN2O2S. The SMILES string of the molecule is CNC1CCN(S(=O)(=O)Cc2ccc(F)cc2)C1.